The zero-order valence-electron chi connectivity index (χ0n) is 25.9. The normalized spacial score (nSPS) is 12.1. The van der Waals surface area contributed by atoms with Crippen LogP contribution in [0.25, 0.3) is 89.1 Å². The fourth-order valence-electron chi connectivity index (χ4n) is 7.44. The highest BCUT2D eigenvalue weighted by Gasteiger charge is 2.24. The Balaban J connectivity index is 1.20. The zero-order chi connectivity index (χ0) is 31.6. The van der Waals surface area contributed by atoms with Crippen molar-refractivity contribution < 1.29 is 4.42 Å². The molecule has 0 unspecified atom stereocenters. The lowest BCUT2D eigenvalue weighted by Gasteiger charge is -2.14. The minimum Gasteiger partial charge on any atom is -0.456 e. The third kappa shape index (κ3) is 4.13. The summed E-state index contributed by atoms with van der Waals surface area (Å²) in [6, 6.07) is 52.8. The van der Waals surface area contributed by atoms with E-state index in [1.165, 1.54) is 22.3 Å². The SMILES string of the molecule is c1ccc(-c2nc(-c3cccc4c3Cc3ccccc3-4)nc(-c3cccc4c(-c5cccc6oc7ccccc7c56)cccc34)n2)cc1. The van der Waals surface area contributed by atoms with E-state index in [0.717, 1.165) is 66.9 Å². The van der Waals surface area contributed by atoms with Gasteiger partial charge in [0.15, 0.2) is 17.5 Å². The molecular formula is C44H27N3O. The number of benzene rings is 7. The van der Waals surface area contributed by atoms with Crippen molar-refractivity contribution >= 4 is 32.7 Å². The lowest BCUT2D eigenvalue weighted by Crippen LogP contribution is -2.02. The van der Waals surface area contributed by atoms with Crippen LogP contribution in [0.2, 0.25) is 0 Å². The number of rotatable bonds is 4. The van der Waals surface area contributed by atoms with Crippen LogP contribution in [0.4, 0.5) is 0 Å². The number of aromatic nitrogens is 3. The Labute approximate surface area is 277 Å². The van der Waals surface area contributed by atoms with Crippen LogP contribution >= 0.6 is 0 Å². The first kappa shape index (κ1) is 26.8. The minimum atomic E-state index is 0.654. The van der Waals surface area contributed by atoms with E-state index in [1.807, 2.05) is 36.4 Å². The molecule has 0 bridgehead atoms. The first-order chi connectivity index (χ1) is 23.8. The van der Waals surface area contributed by atoms with Crippen LogP contribution in [0.1, 0.15) is 11.1 Å². The third-order valence-corrected chi connectivity index (χ3v) is 9.61. The van der Waals surface area contributed by atoms with E-state index >= 15 is 0 Å². The molecule has 4 nitrogen and oxygen atoms in total. The Morgan fingerprint density at radius 3 is 1.83 bits per heavy atom. The fourth-order valence-corrected chi connectivity index (χ4v) is 7.44. The smallest absolute Gasteiger partial charge is 0.164 e. The zero-order valence-corrected chi connectivity index (χ0v) is 25.9. The summed E-state index contributed by atoms with van der Waals surface area (Å²) < 4.78 is 6.26. The summed E-state index contributed by atoms with van der Waals surface area (Å²) in [6.45, 7) is 0. The van der Waals surface area contributed by atoms with Gasteiger partial charge in [-0.3, -0.25) is 0 Å². The van der Waals surface area contributed by atoms with Crippen molar-refractivity contribution in [2.24, 2.45) is 0 Å². The topological polar surface area (TPSA) is 51.8 Å². The molecule has 1 aliphatic rings. The predicted molar refractivity (Wildman–Crippen MR) is 195 cm³/mol. The first-order valence-corrected chi connectivity index (χ1v) is 16.2. The van der Waals surface area contributed by atoms with Gasteiger partial charge in [0.05, 0.1) is 0 Å². The van der Waals surface area contributed by atoms with Crippen LogP contribution < -0.4 is 0 Å². The first-order valence-electron chi connectivity index (χ1n) is 16.2. The summed E-state index contributed by atoms with van der Waals surface area (Å²) in [5.41, 5.74) is 12.2. The second-order valence-corrected chi connectivity index (χ2v) is 12.3. The summed E-state index contributed by atoms with van der Waals surface area (Å²) >= 11 is 0. The van der Waals surface area contributed by atoms with Gasteiger partial charge < -0.3 is 4.42 Å². The van der Waals surface area contributed by atoms with Crippen LogP contribution in [0.3, 0.4) is 0 Å². The quantitative estimate of drug-likeness (QED) is 0.198. The summed E-state index contributed by atoms with van der Waals surface area (Å²) in [6.07, 6.45) is 0.856. The van der Waals surface area contributed by atoms with Gasteiger partial charge in [-0.15, -0.1) is 0 Å². The highest BCUT2D eigenvalue weighted by molar-refractivity contribution is 6.16. The van der Waals surface area contributed by atoms with E-state index < -0.39 is 0 Å². The molecule has 0 aliphatic heterocycles. The fraction of sp³-hybridized carbons (Fsp3) is 0.0227. The van der Waals surface area contributed by atoms with Crippen LogP contribution in [-0.4, -0.2) is 15.0 Å². The van der Waals surface area contributed by atoms with Gasteiger partial charge in [0.1, 0.15) is 11.2 Å². The van der Waals surface area contributed by atoms with E-state index in [9.17, 15) is 0 Å². The van der Waals surface area contributed by atoms with Crippen molar-refractivity contribution in [3.63, 3.8) is 0 Å². The number of para-hydroxylation sites is 1. The molecule has 48 heavy (non-hydrogen) atoms. The molecule has 9 aromatic rings. The second kappa shape index (κ2) is 10.6. The maximum atomic E-state index is 6.26. The summed E-state index contributed by atoms with van der Waals surface area (Å²) in [4.78, 5) is 15.5. The third-order valence-electron chi connectivity index (χ3n) is 9.61. The van der Waals surface area contributed by atoms with Crippen molar-refractivity contribution in [2.75, 3.05) is 0 Å². The molecule has 2 heterocycles. The van der Waals surface area contributed by atoms with Crippen molar-refractivity contribution in [1.29, 1.82) is 0 Å². The van der Waals surface area contributed by atoms with E-state index in [-0.39, 0.29) is 0 Å². The second-order valence-electron chi connectivity index (χ2n) is 12.3. The average Bonchev–Trinajstić information content (AvgIpc) is 3.73. The van der Waals surface area contributed by atoms with Crippen LogP contribution in [0.5, 0.6) is 0 Å². The number of nitrogens with zero attached hydrogens (tertiary/aromatic N) is 3. The Morgan fingerprint density at radius 1 is 0.375 bits per heavy atom. The van der Waals surface area contributed by atoms with Gasteiger partial charge in [-0.25, -0.2) is 15.0 Å². The summed E-state index contributed by atoms with van der Waals surface area (Å²) in [5, 5.41) is 4.45. The standard InChI is InChI=1S/C44H27N3O/c1-2-12-27(13-3-1)42-45-43(47-44(46-42)36-23-9-17-30-29-15-5-4-14-28(29)26-38(30)36)35-22-10-18-31-32(19-8-20-33(31)35)34-21-11-25-40-41(34)37-16-6-7-24-39(37)48-40/h1-25H,26H2. The molecule has 7 aromatic carbocycles. The molecule has 1 aliphatic carbocycles. The Hall–Kier alpha value is -6.39. The molecule has 10 rings (SSSR count). The Morgan fingerprint density at radius 2 is 0.938 bits per heavy atom. The van der Waals surface area contributed by atoms with Crippen LogP contribution in [0, 0.1) is 0 Å². The van der Waals surface area contributed by atoms with Gasteiger partial charge in [0, 0.05) is 27.5 Å². The molecule has 0 saturated heterocycles. The largest absolute Gasteiger partial charge is 0.456 e. The highest BCUT2D eigenvalue weighted by atomic mass is 16.3. The van der Waals surface area contributed by atoms with Gasteiger partial charge in [0.2, 0.25) is 0 Å². The van der Waals surface area contributed by atoms with Gasteiger partial charge in [0.25, 0.3) is 0 Å². The Kier molecular flexibility index (Phi) is 5.90. The highest BCUT2D eigenvalue weighted by Crippen LogP contribution is 2.43. The molecular weight excluding hydrogens is 587 g/mol. The number of hydrogen-bond acceptors (Lipinski definition) is 4. The summed E-state index contributed by atoms with van der Waals surface area (Å²) in [7, 11) is 0. The van der Waals surface area contributed by atoms with Gasteiger partial charge in [-0.2, -0.15) is 0 Å². The molecule has 0 fully saturated rings. The molecule has 0 amide bonds. The van der Waals surface area contributed by atoms with Crippen LogP contribution in [-0.2, 0) is 6.42 Å². The van der Waals surface area contributed by atoms with Crippen LogP contribution in [0.15, 0.2) is 156 Å². The van der Waals surface area contributed by atoms with Crippen molar-refractivity contribution in [2.45, 2.75) is 6.42 Å². The minimum absolute atomic E-state index is 0.654. The molecule has 224 valence electrons. The average molecular weight is 614 g/mol. The molecule has 0 atom stereocenters. The van der Waals surface area contributed by atoms with Crippen molar-refractivity contribution in [3.8, 4) is 56.4 Å². The lowest BCUT2D eigenvalue weighted by atomic mass is 9.93. The van der Waals surface area contributed by atoms with E-state index in [1.54, 1.807) is 0 Å². The Bertz CT molecular complexity index is 2710. The number of fused-ring (bicyclic) bond motifs is 7. The molecule has 0 radical (unpaired) electrons. The molecule has 0 N–H and O–H groups in total. The van der Waals surface area contributed by atoms with E-state index in [2.05, 4.69) is 115 Å². The maximum Gasteiger partial charge on any atom is 0.164 e. The van der Waals surface area contributed by atoms with Gasteiger partial charge >= 0.3 is 0 Å². The number of furan rings is 1. The molecule has 2 aromatic heterocycles. The lowest BCUT2D eigenvalue weighted by molar-refractivity contribution is 0.669. The van der Waals surface area contributed by atoms with E-state index in [4.69, 9.17) is 19.4 Å². The molecule has 0 saturated carbocycles. The summed E-state index contributed by atoms with van der Waals surface area (Å²) in [5.74, 6) is 2.00. The monoisotopic (exact) mass is 613 g/mol. The van der Waals surface area contributed by atoms with Gasteiger partial charge in [-0.1, -0.05) is 140 Å². The van der Waals surface area contributed by atoms with Gasteiger partial charge in [-0.05, 0) is 62.7 Å². The maximum absolute atomic E-state index is 6.26. The predicted octanol–water partition coefficient (Wildman–Crippen LogP) is 11.2. The van der Waals surface area contributed by atoms with Crippen molar-refractivity contribution in [3.05, 3.63) is 163 Å². The van der Waals surface area contributed by atoms with E-state index in [0.29, 0.717) is 17.5 Å². The molecule has 0 spiro atoms. The van der Waals surface area contributed by atoms with Crippen molar-refractivity contribution in [1.82, 2.24) is 15.0 Å². The number of hydrogen-bond donors (Lipinski definition) is 0. The molecule has 4 heteroatoms.